The zero-order chi connectivity index (χ0) is 27.3. The van der Waals surface area contributed by atoms with Crippen LogP contribution in [0.2, 0.25) is 10.0 Å². The summed E-state index contributed by atoms with van der Waals surface area (Å²) in [5.41, 5.74) is 3.46. The molecular weight excluding hydrogens is 547 g/mol. The van der Waals surface area contributed by atoms with Crippen molar-refractivity contribution in [3.8, 4) is 0 Å². The lowest BCUT2D eigenvalue weighted by Gasteiger charge is -2.12. The van der Waals surface area contributed by atoms with Gasteiger partial charge in [-0.1, -0.05) is 35.3 Å². The fraction of sp³-hybridized carbons (Fsp3) is 0.125. The van der Waals surface area contributed by atoms with Gasteiger partial charge in [0.05, 0.1) is 21.8 Å². The Kier molecular flexibility index (Phi) is 8.23. The lowest BCUT2D eigenvalue weighted by molar-refractivity contribution is -0.139. The first kappa shape index (κ1) is 27.0. The van der Waals surface area contributed by atoms with E-state index in [9.17, 15) is 17.6 Å². The molecule has 0 aliphatic heterocycles. The predicted octanol–water partition coefficient (Wildman–Crippen LogP) is 6.84. The second-order valence-electron chi connectivity index (χ2n) is 7.83. The summed E-state index contributed by atoms with van der Waals surface area (Å²) in [7, 11) is 0. The Morgan fingerprint density at radius 3 is 2.39 bits per heavy atom. The first-order valence-electron chi connectivity index (χ1n) is 10.9. The molecule has 0 radical (unpaired) electrons. The molecule has 0 amide bonds. The molecule has 0 aliphatic carbocycles. The number of alkyl halides is 3. The molecule has 196 valence electrons. The van der Waals surface area contributed by atoms with Gasteiger partial charge in [-0.15, -0.1) is 0 Å². The minimum atomic E-state index is -4.87. The van der Waals surface area contributed by atoms with Crippen LogP contribution in [0.3, 0.4) is 0 Å². The molecule has 0 fully saturated rings. The maximum atomic E-state index is 13.7. The van der Waals surface area contributed by atoms with Crippen LogP contribution in [0.1, 0.15) is 22.4 Å². The lowest BCUT2D eigenvalue weighted by atomic mass is 10.2. The quantitative estimate of drug-likeness (QED) is 0.122. The number of hydrogen-bond acceptors (Lipinski definition) is 8. The number of nitrogens with one attached hydrogen (secondary N) is 3. The van der Waals surface area contributed by atoms with E-state index in [0.717, 1.165) is 17.3 Å². The first-order chi connectivity index (χ1) is 18.1. The molecule has 0 unspecified atom stereocenters. The van der Waals surface area contributed by atoms with Crippen LogP contribution < -0.4 is 16.1 Å². The minimum absolute atomic E-state index is 0.0264. The molecule has 2 aromatic carbocycles. The maximum absolute atomic E-state index is 13.7. The average molecular weight is 565 g/mol. The monoisotopic (exact) mass is 564 g/mol. The summed E-state index contributed by atoms with van der Waals surface area (Å²) in [4.78, 5) is 16.8. The number of hydrogen-bond donors (Lipinski definition) is 3. The van der Waals surface area contributed by atoms with Crippen molar-refractivity contribution in [1.82, 2.24) is 19.9 Å². The van der Waals surface area contributed by atoms with Gasteiger partial charge in [-0.05, 0) is 54.4 Å². The van der Waals surface area contributed by atoms with E-state index in [4.69, 9.17) is 23.2 Å². The third-order valence-electron chi connectivity index (χ3n) is 4.91. The van der Waals surface area contributed by atoms with Crippen LogP contribution in [0, 0.1) is 12.7 Å². The summed E-state index contributed by atoms with van der Waals surface area (Å²) in [6, 6.07) is 11.1. The molecule has 0 aliphatic rings. The maximum Gasteiger partial charge on any atom is 0.419 e. The molecule has 0 saturated carbocycles. The number of aromatic nitrogens is 4. The normalized spacial score (nSPS) is 11.6. The molecule has 38 heavy (non-hydrogen) atoms. The first-order valence-corrected chi connectivity index (χ1v) is 11.6. The van der Waals surface area contributed by atoms with Crippen LogP contribution in [-0.2, 0) is 12.7 Å². The third kappa shape index (κ3) is 7.26. The van der Waals surface area contributed by atoms with Gasteiger partial charge in [0.1, 0.15) is 5.82 Å². The highest BCUT2D eigenvalue weighted by atomic mass is 35.5. The van der Waals surface area contributed by atoms with Gasteiger partial charge in [-0.2, -0.15) is 33.2 Å². The number of hydrazone groups is 1. The fourth-order valence-electron chi connectivity index (χ4n) is 3.05. The van der Waals surface area contributed by atoms with E-state index in [2.05, 4.69) is 41.1 Å². The van der Waals surface area contributed by atoms with E-state index in [-0.39, 0.29) is 23.5 Å². The molecule has 0 atom stereocenters. The number of aryl methyl sites for hydroxylation is 1. The van der Waals surface area contributed by atoms with Crippen molar-refractivity contribution >= 4 is 52.9 Å². The second-order valence-corrected chi connectivity index (χ2v) is 8.64. The standard InChI is InChI=1S/C24H18Cl2F4N8/c1-13-2-3-15(10-31-13)11-32-21-35-22(34-16-5-7-20(27)17(9-16)24(28,29)30)37-23(36-21)38-33-12-14-4-6-18(25)19(26)8-14/h2-10,12H,11H2,1H3,(H3,32,34,35,36,37,38)/b33-12+. The molecule has 4 rings (SSSR count). The van der Waals surface area contributed by atoms with Crippen molar-refractivity contribution < 1.29 is 17.6 Å². The number of nitrogens with zero attached hydrogens (tertiary/aromatic N) is 5. The molecule has 4 aromatic rings. The van der Waals surface area contributed by atoms with Gasteiger partial charge >= 0.3 is 6.18 Å². The van der Waals surface area contributed by atoms with E-state index in [1.807, 2.05) is 19.1 Å². The Bertz CT molecular complexity index is 1460. The van der Waals surface area contributed by atoms with Gasteiger partial charge in [0.25, 0.3) is 0 Å². The number of benzene rings is 2. The van der Waals surface area contributed by atoms with Crippen LogP contribution in [0.25, 0.3) is 0 Å². The highest BCUT2D eigenvalue weighted by Crippen LogP contribution is 2.33. The van der Waals surface area contributed by atoms with Gasteiger partial charge < -0.3 is 10.6 Å². The van der Waals surface area contributed by atoms with Crippen molar-refractivity contribution in [3.05, 3.63) is 93.0 Å². The molecule has 2 heterocycles. The smallest absolute Gasteiger partial charge is 0.350 e. The van der Waals surface area contributed by atoms with E-state index in [1.54, 1.807) is 24.4 Å². The summed E-state index contributed by atoms with van der Waals surface area (Å²) < 4.78 is 53.1. The van der Waals surface area contributed by atoms with E-state index < -0.39 is 17.6 Å². The van der Waals surface area contributed by atoms with E-state index in [0.29, 0.717) is 34.3 Å². The summed E-state index contributed by atoms with van der Waals surface area (Å²) in [6.45, 7) is 2.16. The summed E-state index contributed by atoms with van der Waals surface area (Å²) in [5.74, 6) is -1.45. The Balaban J connectivity index is 1.59. The van der Waals surface area contributed by atoms with Crippen molar-refractivity contribution in [2.24, 2.45) is 5.10 Å². The van der Waals surface area contributed by atoms with Crippen molar-refractivity contribution in [2.45, 2.75) is 19.6 Å². The van der Waals surface area contributed by atoms with Crippen LogP contribution >= 0.6 is 23.2 Å². The Hall–Kier alpha value is -4.03. The summed E-state index contributed by atoms with van der Waals surface area (Å²) in [6.07, 6.45) is -1.75. The highest BCUT2D eigenvalue weighted by Gasteiger charge is 2.34. The number of pyridine rings is 1. The summed E-state index contributed by atoms with van der Waals surface area (Å²) in [5, 5.41) is 10.5. The van der Waals surface area contributed by atoms with Crippen molar-refractivity contribution in [2.75, 3.05) is 16.1 Å². The van der Waals surface area contributed by atoms with Crippen LogP contribution in [0.5, 0.6) is 0 Å². The lowest BCUT2D eigenvalue weighted by Crippen LogP contribution is -2.11. The largest absolute Gasteiger partial charge is 0.419 e. The molecule has 0 spiro atoms. The number of anilines is 4. The van der Waals surface area contributed by atoms with Crippen molar-refractivity contribution in [3.63, 3.8) is 0 Å². The van der Waals surface area contributed by atoms with Crippen molar-refractivity contribution in [1.29, 1.82) is 0 Å². The zero-order valence-electron chi connectivity index (χ0n) is 19.5. The molecular formula is C24H18Cl2F4N8. The van der Waals surface area contributed by atoms with Gasteiger partial charge in [0.2, 0.25) is 17.8 Å². The van der Waals surface area contributed by atoms with E-state index in [1.165, 1.54) is 6.21 Å². The number of halogens is 6. The van der Waals surface area contributed by atoms with Crippen LogP contribution in [0.4, 0.5) is 41.1 Å². The second kappa shape index (κ2) is 11.6. The van der Waals surface area contributed by atoms with Crippen LogP contribution in [0.15, 0.2) is 59.8 Å². The predicted molar refractivity (Wildman–Crippen MR) is 138 cm³/mol. The molecule has 14 heteroatoms. The fourth-order valence-corrected chi connectivity index (χ4v) is 3.36. The Morgan fingerprint density at radius 2 is 1.68 bits per heavy atom. The van der Waals surface area contributed by atoms with Gasteiger partial charge in [0, 0.05) is 24.1 Å². The zero-order valence-corrected chi connectivity index (χ0v) is 21.0. The molecule has 8 nitrogen and oxygen atoms in total. The number of rotatable bonds is 8. The molecule has 0 saturated heterocycles. The SMILES string of the molecule is Cc1ccc(CNc2nc(N/N=C/c3ccc(Cl)c(Cl)c3)nc(Nc3ccc(F)c(C(F)(F)F)c3)n2)cn1. The molecule has 3 N–H and O–H groups in total. The topological polar surface area (TPSA) is 100 Å². The van der Waals surface area contributed by atoms with Gasteiger partial charge in [0.15, 0.2) is 0 Å². The third-order valence-corrected chi connectivity index (χ3v) is 5.65. The minimum Gasteiger partial charge on any atom is -0.350 e. The van der Waals surface area contributed by atoms with Gasteiger partial charge in [-0.25, -0.2) is 9.82 Å². The Morgan fingerprint density at radius 1 is 0.921 bits per heavy atom. The molecule has 0 bridgehead atoms. The highest BCUT2D eigenvalue weighted by molar-refractivity contribution is 6.42. The average Bonchev–Trinajstić information content (AvgIpc) is 2.86. The molecule has 2 aromatic heterocycles. The van der Waals surface area contributed by atoms with E-state index >= 15 is 0 Å². The van der Waals surface area contributed by atoms with Gasteiger partial charge in [-0.3, -0.25) is 4.98 Å². The van der Waals surface area contributed by atoms with Crippen LogP contribution in [-0.4, -0.2) is 26.2 Å². The Labute approximate surface area is 224 Å². The summed E-state index contributed by atoms with van der Waals surface area (Å²) >= 11 is 11.9.